The van der Waals surface area contributed by atoms with Gasteiger partial charge in [-0.1, -0.05) is 0 Å². The number of carbonyl (C=O) groups is 2. The van der Waals surface area contributed by atoms with Crippen molar-refractivity contribution in [2.75, 3.05) is 26.4 Å². The van der Waals surface area contributed by atoms with E-state index in [2.05, 4.69) is 0 Å². The summed E-state index contributed by atoms with van der Waals surface area (Å²) in [6, 6.07) is 0. The van der Waals surface area contributed by atoms with Crippen LogP contribution in [0.15, 0.2) is 0 Å². The number of benzene rings is 1. The molecule has 0 heterocycles. The van der Waals surface area contributed by atoms with Gasteiger partial charge in [0.15, 0.2) is 0 Å². The lowest BCUT2D eigenvalue weighted by molar-refractivity contribution is -0.0263. The highest BCUT2D eigenvalue weighted by molar-refractivity contribution is 14.1. The molecule has 0 radical (unpaired) electrons. The molecule has 0 spiro atoms. The first-order valence-corrected chi connectivity index (χ1v) is 9.51. The molecule has 0 aliphatic heterocycles. The molecule has 0 unspecified atom stereocenters. The van der Waals surface area contributed by atoms with E-state index < -0.39 is 37.2 Å². The molecule has 0 atom stereocenters. The van der Waals surface area contributed by atoms with Gasteiger partial charge in [-0.3, -0.25) is 0 Å². The number of halogens is 3. The Labute approximate surface area is 177 Å². The van der Waals surface area contributed by atoms with Gasteiger partial charge in [0.1, 0.15) is 12.4 Å². The number of hydrogen-bond donors (Lipinski definition) is 5. The van der Waals surface area contributed by atoms with E-state index >= 15 is 0 Å². The first kappa shape index (κ1) is 22.1. The normalized spacial score (nSPS) is 11.4. The van der Waals surface area contributed by atoms with Crippen molar-refractivity contribution in [2.24, 2.45) is 5.41 Å². The highest BCUT2D eigenvalue weighted by atomic mass is 127. The van der Waals surface area contributed by atoms with Crippen LogP contribution in [0.4, 0.5) is 0 Å². The quantitative estimate of drug-likeness (QED) is 0.259. The smallest absolute Gasteiger partial charge is 0.338 e. The molecular formula is C13H13I3O8. The van der Waals surface area contributed by atoms with E-state index in [0.29, 0.717) is 0 Å². The lowest BCUT2D eigenvalue weighted by Gasteiger charge is -2.28. The first-order chi connectivity index (χ1) is 11.2. The van der Waals surface area contributed by atoms with Crippen LogP contribution in [0.2, 0.25) is 0 Å². The molecular weight excluding hydrogens is 665 g/mol. The summed E-state index contributed by atoms with van der Waals surface area (Å²) in [5.74, 6) is -2.58. The Morgan fingerprint density at radius 2 is 1.21 bits per heavy atom. The maximum Gasteiger partial charge on any atom is 0.338 e. The molecule has 0 aromatic heterocycles. The molecule has 1 rings (SSSR count). The third-order valence-electron chi connectivity index (χ3n) is 3.23. The van der Waals surface area contributed by atoms with Gasteiger partial charge < -0.3 is 30.3 Å². The first-order valence-electron chi connectivity index (χ1n) is 6.28. The molecule has 0 aliphatic rings. The van der Waals surface area contributed by atoms with Crippen molar-refractivity contribution < 1.29 is 39.9 Å². The van der Waals surface area contributed by atoms with Crippen molar-refractivity contribution >= 4 is 79.7 Å². The molecule has 0 aliphatic carbocycles. The zero-order valence-electron chi connectivity index (χ0n) is 11.9. The number of ether oxygens (including phenoxy) is 1. The fourth-order valence-corrected chi connectivity index (χ4v) is 6.06. The molecule has 8 nitrogen and oxygen atoms in total. The molecule has 11 heteroatoms. The van der Waals surface area contributed by atoms with Crippen molar-refractivity contribution in [2.45, 2.75) is 0 Å². The minimum absolute atomic E-state index is 0.0196. The lowest BCUT2D eigenvalue weighted by atomic mass is 9.92. The van der Waals surface area contributed by atoms with Crippen LogP contribution < -0.4 is 4.74 Å². The predicted octanol–water partition coefficient (Wildman–Crippen LogP) is 1.24. The van der Waals surface area contributed by atoms with Crippen molar-refractivity contribution in [1.29, 1.82) is 0 Å². The lowest BCUT2D eigenvalue weighted by Crippen LogP contribution is -2.40. The SMILES string of the molecule is O=C(O)c1c(I)c(OCC(CO)(CO)CO)c(I)c(C(=O)O)c1I. The number of carboxylic acid groups (broad SMARTS) is 2. The Bertz CT molecular complexity index is 608. The summed E-state index contributed by atoms with van der Waals surface area (Å²) in [7, 11) is 0. The van der Waals surface area contributed by atoms with Gasteiger partial charge in [-0.2, -0.15) is 0 Å². The molecule has 0 bridgehead atoms. The standard InChI is InChI=1S/C13H13I3O8/c14-7-5(11(20)21)8(15)10(9(16)6(7)12(22)23)24-4-13(1-17,2-18)3-19/h17-19H,1-4H2,(H,20,21)(H,22,23). The minimum atomic E-state index is -1.33. The highest BCUT2D eigenvalue weighted by Gasteiger charge is 2.32. The zero-order chi connectivity index (χ0) is 18.7. The number of aliphatic hydroxyl groups is 3. The summed E-state index contributed by atoms with van der Waals surface area (Å²) in [5, 5.41) is 46.7. The van der Waals surface area contributed by atoms with Gasteiger partial charge in [0.2, 0.25) is 0 Å². The van der Waals surface area contributed by atoms with Gasteiger partial charge in [0.05, 0.1) is 43.5 Å². The van der Waals surface area contributed by atoms with Crippen LogP contribution in [-0.4, -0.2) is 63.9 Å². The van der Waals surface area contributed by atoms with Crippen LogP contribution in [0.3, 0.4) is 0 Å². The van der Waals surface area contributed by atoms with Crippen LogP contribution in [-0.2, 0) is 0 Å². The zero-order valence-corrected chi connectivity index (χ0v) is 18.4. The van der Waals surface area contributed by atoms with Crippen molar-refractivity contribution in [3.8, 4) is 5.75 Å². The number of aromatic carboxylic acids is 2. The van der Waals surface area contributed by atoms with Gasteiger partial charge in [-0.05, 0) is 67.8 Å². The molecule has 0 saturated carbocycles. The fourth-order valence-electron chi connectivity index (χ4n) is 1.66. The topological polar surface area (TPSA) is 145 Å². The minimum Gasteiger partial charge on any atom is -0.490 e. The van der Waals surface area contributed by atoms with Crippen molar-refractivity contribution in [3.63, 3.8) is 0 Å². The summed E-state index contributed by atoms with van der Waals surface area (Å²) < 4.78 is 5.98. The Hall–Kier alpha value is 0.0300. The van der Waals surface area contributed by atoms with Crippen molar-refractivity contribution in [1.82, 2.24) is 0 Å². The third kappa shape index (κ3) is 4.40. The maximum absolute atomic E-state index is 11.5. The van der Waals surface area contributed by atoms with E-state index in [1.807, 2.05) is 0 Å². The van der Waals surface area contributed by atoms with Crippen LogP contribution in [0.25, 0.3) is 0 Å². The second-order valence-electron chi connectivity index (χ2n) is 4.89. The van der Waals surface area contributed by atoms with Gasteiger partial charge >= 0.3 is 11.9 Å². The summed E-state index contributed by atoms with van der Waals surface area (Å²) in [4.78, 5) is 22.9. The summed E-state index contributed by atoms with van der Waals surface area (Å²) >= 11 is 5.14. The second-order valence-corrected chi connectivity index (χ2v) is 8.13. The second kappa shape index (κ2) is 9.11. The molecule has 0 amide bonds. The summed E-state index contributed by atoms with van der Waals surface area (Å²) in [5.41, 5.74) is -1.74. The third-order valence-corrected chi connectivity index (χ3v) is 6.37. The molecule has 0 saturated heterocycles. The Kier molecular flexibility index (Phi) is 8.38. The van der Waals surface area contributed by atoms with E-state index in [-0.39, 0.29) is 34.2 Å². The number of carboxylic acids is 2. The van der Waals surface area contributed by atoms with Gasteiger partial charge in [0, 0.05) is 3.57 Å². The van der Waals surface area contributed by atoms with E-state index in [1.54, 1.807) is 67.8 Å². The van der Waals surface area contributed by atoms with Gasteiger partial charge in [-0.25, -0.2) is 9.59 Å². The summed E-state index contributed by atoms with van der Waals surface area (Å²) in [6.45, 7) is -2.00. The van der Waals surface area contributed by atoms with Crippen LogP contribution in [0, 0.1) is 16.1 Å². The number of rotatable bonds is 8. The molecule has 24 heavy (non-hydrogen) atoms. The van der Waals surface area contributed by atoms with Crippen LogP contribution in [0.1, 0.15) is 20.7 Å². The average Bonchev–Trinajstić information content (AvgIpc) is 2.50. The molecule has 5 N–H and O–H groups in total. The van der Waals surface area contributed by atoms with Crippen molar-refractivity contribution in [3.05, 3.63) is 21.8 Å². The maximum atomic E-state index is 11.5. The largest absolute Gasteiger partial charge is 0.490 e. The van der Waals surface area contributed by atoms with Crippen LogP contribution in [0.5, 0.6) is 5.75 Å². The molecule has 1 aromatic carbocycles. The van der Waals surface area contributed by atoms with E-state index in [1.165, 1.54) is 0 Å². The summed E-state index contributed by atoms with van der Waals surface area (Å²) in [6.07, 6.45) is 0. The Morgan fingerprint density at radius 1 is 0.833 bits per heavy atom. The fraction of sp³-hybridized carbons (Fsp3) is 0.385. The Morgan fingerprint density at radius 3 is 1.50 bits per heavy atom. The van der Waals surface area contributed by atoms with Crippen LogP contribution >= 0.6 is 67.8 Å². The van der Waals surface area contributed by atoms with Gasteiger partial charge in [0.25, 0.3) is 0 Å². The average molecular weight is 678 g/mol. The monoisotopic (exact) mass is 678 g/mol. The van der Waals surface area contributed by atoms with Gasteiger partial charge in [-0.15, -0.1) is 0 Å². The Balaban J connectivity index is 3.48. The number of hydrogen-bond acceptors (Lipinski definition) is 6. The molecule has 1 aromatic rings. The highest BCUT2D eigenvalue weighted by Crippen LogP contribution is 2.38. The molecule has 0 fully saturated rings. The van der Waals surface area contributed by atoms with E-state index in [4.69, 9.17) is 4.74 Å². The molecule has 134 valence electrons. The predicted molar refractivity (Wildman–Crippen MR) is 108 cm³/mol. The van der Waals surface area contributed by atoms with E-state index in [0.717, 1.165) is 0 Å². The van der Waals surface area contributed by atoms with E-state index in [9.17, 15) is 35.1 Å². The number of aliphatic hydroxyl groups excluding tert-OH is 3.